The molecule has 1 unspecified atom stereocenters. The van der Waals surface area contributed by atoms with E-state index in [1.165, 1.54) is 0 Å². The summed E-state index contributed by atoms with van der Waals surface area (Å²) in [5.41, 5.74) is 1.01. The molecule has 10 heteroatoms. The second-order valence-corrected chi connectivity index (χ2v) is 7.85. The van der Waals surface area contributed by atoms with Gasteiger partial charge in [0.1, 0.15) is 12.1 Å². The molecule has 10 nitrogen and oxygen atoms in total. The van der Waals surface area contributed by atoms with Crippen molar-refractivity contribution in [1.29, 1.82) is 0 Å². The van der Waals surface area contributed by atoms with Crippen LogP contribution in [-0.4, -0.2) is 67.2 Å². The number of piperidine rings is 1. The lowest BCUT2D eigenvalue weighted by atomic mass is 9.91. The third-order valence-corrected chi connectivity index (χ3v) is 5.27. The van der Waals surface area contributed by atoms with Crippen LogP contribution in [0.3, 0.4) is 0 Å². The van der Waals surface area contributed by atoms with Crippen LogP contribution in [0.25, 0.3) is 0 Å². The number of carboxylic acid groups (broad SMARTS) is 1. The molecule has 0 radical (unpaired) electrons. The fraction of sp³-hybridized carbons (Fsp3) is 0.800. The lowest BCUT2D eigenvalue weighted by Gasteiger charge is -2.21. The van der Waals surface area contributed by atoms with E-state index in [-0.39, 0.29) is 38.0 Å². The van der Waals surface area contributed by atoms with Crippen molar-refractivity contribution in [1.82, 2.24) is 16.0 Å². The van der Waals surface area contributed by atoms with Crippen LogP contribution in [-0.2, 0) is 19.2 Å². The van der Waals surface area contributed by atoms with Crippen molar-refractivity contribution in [2.75, 3.05) is 26.2 Å². The summed E-state index contributed by atoms with van der Waals surface area (Å²) in [6.45, 7) is 4.40. The van der Waals surface area contributed by atoms with Crippen LogP contribution in [0.2, 0.25) is 0 Å². The molecule has 2 amide bonds. The molecule has 2 aliphatic heterocycles. The van der Waals surface area contributed by atoms with Crippen molar-refractivity contribution in [3.05, 3.63) is 0 Å². The molecule has 0 aromatic carbocycles. The first kappa shape index (κ1) is 23.9. The molecule has 0 bridgehead atoms. The van der Waals surface area contributed by atoms with Crippen molar-refractivity contribution >= 4 is 23.7 Å². The quantitative estimate of drug-likeness (QED) is 0.346. The van der Waals surface area contributed by atoms with Crippen molar-refractivity contribution in [3.8, 4) is 0 Å². The van der Waals surface area contributed by atoms with Crippen molar-refractivity contribution in [2.24, 2.45) is 11.1 Å². The van der Waals surface area contributed by atoms with Crippen molar-refractivity contribution in [2.45, 2.75) is 70.4 Å². The van der Waals surface area contributed by atoms with Crippen LogP contribution < -0.4 is 16.0 Å². The summed E-state index contributed by atoms with van der Waals surface area (Å²) in [7, 11) is 0. The van der Waals surface area contributed by atoms with E-state index < -0.39 is 18.1 Å². The first-order chi connectivity index (χ1) is 14.5. The lowest BCUT2D eigenvalue weighted by Crippen LogP contribution is -2.43. The van der Waals surface area contributed by atoms with Crippen LogP contribution >= 0.6 is 0 Å². The lowest BCUT2D eigenvalue weighted by molar-refractivity contribution is -0.139. The molecule has 2 atom stereocenters. The van der Waals surface area contributed by atoms with Crippen LogP contribution in [0.5, 0.6) is 0 Å². The molecule has 0 spiro atoms. The van der Waals surface area contributed by atoms with Crippen LogP contribution in [0.15, 0.2) is 5.16 Å². The van der Waals surface area contributed by atoms with E-state index in [1.54, 1.807) is 0 Å². The highest BCUT2D eigenvalue weighted by Gasteiger charge is 2.26. The second-order valence-electron chi connectivity index (χ2n) is 7.85. The Bertz CT molecular complexity index is 606. The zero-order valence-corrected chi connectivity index (χ0v) is 17.7. The van der Waals surface area contributed by atoms with E-state index in [0.29, 0.717) is 18.8 Å². The average molecular weight is 427 g/mol. The summed E-state index contributed by atoms with van der Waals surface area (Å²) < 4.78 is 4.91. The van der Waals surface area contributed by atoms with Gasteiger partial charge < -0.3 is 30.6 Å². The van der Waals surface area contributed by atoms with Crippen LogP contribution in [0, 0.1) is 5.92 Å². The number of nitrogens with zero attached hydrogens (tertiary/aromatic N) is 1. The fourth-order valence-corrected chi connectivity index (χ4v) is 3.52. The van der Waals surface area contributed by atoms with Gasteiger partial charge in [0, 0.05) is 13.0 Å². The summed E-state index contributed by atoms with van der Waals surface area (Å²) in [5, 5.41) is 21.7. The number of hydrogen-bond donors (Lipinski definition) is 4. The van der Waals surface area contributed by atoms with Gasteiger partial charge in [-0.05, 0) is 51.1 Å². The fourth-order valence-electron chi connectivity index (χ4n) is 3.52. The van der Waals surface area contributed by atoms with Gasteiger partial charge in [0.05, 0.1) is 18.7 Å². The van der Waals surface area contributed by atoms with Gasteiger partial charge in [-0.3, -0.25) is 4.79 Å². The maximum atomic E-state index is 12.1. The molecular weight excluding hydrogens is 392 g/mol. The van der Waals surface area contributed by atoms with Gasteiger partial charge in [-0.1, -0.05) is 18.5 Å². The third-order valence-electron chi connectivity index (χ3n) is 5.27. The molecule has 30 heavy (non-hydrogen) atoms. The summed E-state index contributed by atoms with van der Waals surface area (Å²) >= 11 is 0. The highest BCUT2D eigenvalue weighted by molar-refractivity contribution is 5.87. The standard InChI is InChI=1S/C20H34N4O6/c1-2-3-10-29-20(28)23-17(19(26)27)6-9-22-18(25)13-16-12-15(24-30-16)11-14-4-7-21-8-5-14/h14,16-17,21H,2-13H2,1H3,(H,22,25)(H,23,28)(H,26,27)/t16?,17-/m1/s1. The van der Waals surface area contributed by atoms with E-state index >= 15 is 0 Å². The van der Waals surface area contributed by atoms with Crippen molar-refractivity contribution in [3.63, 3.8) is 0 Å². The second kappa shape index (κ2) is 13.0. The number of carbonyl (C=O) groups excluding carboxylic acids is 2. The summed E-state index contributed by atoms with van der Waals surface area (Å²) in [6, 6.07) is -1.12. The Kier molecular flexibility index (Phi) is 10.4. The van der Waals surface area contributed by atoms with Gasteiger partial charge in [-0.2, -0.15) is 0 Å². The Labute approximate surface area is 177 Å². The van der Waals surface area contributed by atoms with Gasteiger partial charge in [-0.15, -0.1) is 0 Å². The zero-order chi connectivity index (χ0) is 21.8. The number of oxime groups is 1. The third kappa shape index (κ3) is 8.98. The van der Waals surface area contributed by atoms with Crippen molar-refractivity contribution < 1.29 is 29.1 Å². The maximum Gasteiger partial charge on any atom is 0.407 e. The number of ether oxygens (including phenoxy) is 1. The maximum absolute atomic E-state index is 12.1. The van der Waals surface area contributed by atoms with Gasteiger partial charge in [-0.25, -0.2) is 9.59 Å². The smallest absolute Gasteiger partial charge is 0.407 e. The number of hydrogen-bond acceptors (Lipinski definition) is 7. The number of aliphatic carboxylic acids is 1. The number of carbonyl (C=O) groups is 3. The number of unbranched alkanes of at least 4 members (excludes halogenated alkanes) is 1. The Morgan fingerprint density at radius 1 is 1.33 bits per heavy atom. The number of carboxylic acids is 1. The Morgan fingerprint density at radius 2 is 2.10 bits per heavy atom. The summed E-state index contributed by atoms with van der Waals surface area (Å²) in [5.74, 6) is -0.782. The monoisotopic (exact) mass is 426 g/mol. The topological polar surface area (TPSA) is 138 Å². The molecule has 0 aliphatic carbocycles. The minimum atomic E-state index is -1.17. The molecule has 1 saturated heterocycles. The largest absolute Gasteiger partial charge is 0.480 e. The molecule has 0 aromatic rings. The van der Waals surface area contributed by atoms with Crippen LogP contribution in [0.1, 0.15) is 58.3 Å². The molecule has 2 rings (SSSR count). The molecule has 1 fully saturated rings. The number of rotatable bonds is 12. The molecule has 0 aromatic heterocycles. The predicted octanol–water partition coefficient (Wildman–Crippen LogP) is 1.40. The Hall–Kier alpha value is -2.36. The van der Waals surface area contributed by atoms with E-state index in [2.05, 4.69) is 21.1 Å². The van der Waals surface area contributed by atoms with Gasteiger partial charge in [0.2, 0.25) is 5.91 Å². The normalized spacial score (nSPS) is 20.0. The Balaban J connectivity index is 1.61. The highest BCUT2D eigenvalue weighted by atomic mass is 16.6. The number of amides is 2. The highest BCUT2D eigenvalue weighted by Crippen LogP contribution is 2.23. The van der Waals surface area contributed by atoms with Crippen LogP contribution in [0.4, 0.5) is 4.79 Å². The van der Waals surface area contributed by atoms with Gasteiger partial charge in [0.25, 0.3) is 0 Å². The molecule has 2 heterocycles. The average Bonchev–Trinajstić information content (AvgIpc) is 3.14. The molecular formula is C20H34N4O6. The van der Waals surface area contributed by atoms with E-state index in [4.69, 9.17) is 9.57 Å². The van der Waals surface area contributed by atoms with Gasteiger partial charge >= 0.3 is 12.1 Å². The molecule has 170 valence electrons. The van der Waals surface area contributed by atoms with E-state index in [0.717, 1.165) is 44.5 Å². The SMILES string of the molecule is CCCCOC(=O)N[C@H](CCNC(=O)CC1CC(CC2CCNCC2)=NO1)C(=O)O. The predicted molar refractivity (Wildman–Crippen MR) is 110 cm³/mol. The minimum Gasteiger partial charge on any atom is -0.480 e. The molecule has 2 aliphatic rings. The number of alkyl carbamates (subject to hydrolysis) is 1. The Morgan fingerprint density at radius 3 is 2.80 bits per heavy atom. The molecule has 0 saturated carbocycles. The zero-order valence-electron chi connectivity index (χ0n) is 17.7. The summed E-state index contributed by atoms with van der Waals surface area (Å²) in [6.07, 6.45) is 4.62. The minimum absolute atomic E-state index is 0.0624. The van der Waals surface area contributed by atoms with Gasteiger partial charge in [0.15, 0.2) is 0 Å². The number of nitrogens with one attached hydrogen (secondary N) is 3. The van der Waals surface area contributed by atoms with E-state index in [1.807, 2.05) is 6.92 Å². The molecule has 4 N–H and O–H groups in total. The first-order valence-corrected chi connectivity index (χ1v) is 10.8. The van der Waals surface area contributed by atoms with E-state index in [9.17, 15) is 19.5 Å². The first-order valence-electron chi connectivity index (χ1n) is 10.8. The summed E-state index contributed by atoms with van der Waals surface area (Å²) in [4.78, 5) is 40.4.